The highest BCUT2D eigenvalue weighted by Crippen LogP contribution is 2.32. The number of nitrogens with one attached hydrogen (secondary N) is 2. The van der Waals surface area contributed by atoms with Gasteiger partial charge in [-0.05, 0) is 51.0 Å². The van der Waals surface area contributed by atoms with Crippen LogP contribution in [0.2, 0.25) is 0 Å². The van der Waals surface area contributed by atoms with Crippen LogP contribution in [-0.2, 0) is 0 Å². The van der Waals surface area contributed by atoms with Gasteiger partial charge in [-0.2, -0.15) is 0 Å². The summed E-state index contributed by atoms with van der Waals surface area (Å²) in [7, 11) is 0. The molecular formula is C19H22N2O4. The summed E-state index contributed by atoms with van der Waals surface area (Å²) in [6, 6.07) is 5.43. The Morgan fingerprint density at radius 2 is 1.84 bits per heavy atom. The van der Waals surface area contributed by atoms with Crippen molar-refractivity contribution in [3.05, 3.63) is 46.3 Å². The molecule has 6 nitrogen and oxygen atoms in total. The van der Waals surface area contributed by atoms with E-state index >= 15 is 0 Å². The lowest BCUT2D eigenvalue weighted by atomic mass is 10.1. The smallest absolute Gasteiger partial charge is 0.268 e. The van der Waals surface area contributed by atoms with Gasteiger partial charge < -0.3 is 19.8 Å². The number of ether oxygens (including phenoxy) is 2. The number of hydrogen-bond acceptors (Lipinski definition) is 4. The second-order valence-electron chi connectivity index (χ2n) is 6.28. The molecule has 132 valence electrons. The van der Waals surface area contributed by atoms with Gasteiger partial charge in [-0.15, -0.1) is 0 Å². The first-order chi connectivity index (χ1) is 11.9. The Balaban J connectivity index is 1.79. The summed E-state index contributed by atoms with van der Waals surface area (Å²) in [6.45, 7) is 8.05. The Bertz CT molecular complexity index is 838. The Morgan fingerprint density at radius 1 is 1.16 bits per heavy atom. The number of benzene rings is 1. The quantitative estimate of drug-likeness (QED) is 0.837. The van der Waals surface area contributed by atoms with E-state index in [0.29, 0.717) is 41.5 Å². The Labute approximate surface area is 146 Å². The highest BCUT2D eigenvalue weighted by atomic mass is 16.6. The normalized spacial score (nSPS) is 14.1. The number of aryl methyl sites for hydroxylation is 1. The molecular weight excluding hydrogens is 320 g/mol. The van der Waals surface area contributed by atoms with Gasteiger partial charge in [0.1, 0.15) is 18.9 Å². The van der Waals surface area contributed by atoms with E-state index in [0.717, 1.165) is 11.3 Å². The third-order valence-electron chi connectivity index (χ3n) is 4.43. The van der Waals surface area contributed by atoms with Crippen LogP contribution in [0.1, 0.15) is 57.6 Å². The van der Waals surface area contributed by atoms with E-state index in [1.54, 1.807) is 13.8 Å². The number of aromatic amines is 1. The molecule has 25 heavy (non-hydrogen) atoms. The molecule has 3 rings (SSSR count). The predicted octanol–water partition coefficient (Wildman–Crippen LogP) is 3.10. The van der Waals surface area contributed by atoms with Crippen molar-refractivity contribution in [2.24, 2.45) is 0 Å². The van der Waals surface area contributed by atoms with Gasteiger partial charge in [0.2, 0.25) is 0 Å². The minimum Gasteiger partial charge on any atom is -0.486 e. The minimum absolute atomic E-state index is 0.0508. The highest BCUT2D eigenvalue weighted by molar-refractivity contribution is 6.02. The fourth-order valence-corrected chi connectivity index (χ4v) is 3.19. The van der Waals surface area contributed by atoms with E-state index < -0.39 is 0 Å². The largest absolute Gasteiger partial charge is 0.486 e. The van der Waals surface area contributed by atoms with Crippen molar-refractivity contribution >= 4 is 11.7 Å². The highest BCUT2D eigenvalue weighted by Gasteiger charge is 2.22. The molecule has 6 heteroatoms. The zero-order valence-corrected chi connectivity index (χ0v) is 14.9. The maximum absolute atomic E-state index is 12.6. The zero-order valence-electron chi connectivity index (χ0n) is 14.9. The summed E-state index contributed by atoms with van der Waals surface area (Å²) < 4.78 is 11.1. The van der Waals surface area contributed by atoms with Gasteiger partial charge in [0.05, 0.1) is 6.04 Å². The van der Waals surface area contributed by atoms with Crippen molar-refractivity contribution < 1.29 is 19.1 Å². The van der Waals surface area contributed by atoms with Crippen LogP contribution < -0.4 is 14.8 Å². The number of carbonyl (C=O) groups excluding carboxylic acids is 2. The molecule has 0 radical (unpaired) electrons. The SMILES string of the molecule is CC(=O)c1c(C)[nH]c(C(=O)N[C@@H](C)c2ccc3c(c2)OCCO3)c1C. The Morgan fingerprint density at radius 3 is 2.48 bits per heavy atom. The Hall–Kier alpha value is -2.76. The maximum Gasteiger partial charge on any atom is 0.268 e. The van der Waals surface area contributed by atoms with Crippen molar-refractivity contribution in [2.45, 2.75) is 33.7 Å². The number of Topliss-reactive ketones (excluding diaryl/α,β-unsaturated/α-hetero) is 1. The number of hydrogen-bond donors (Lipinski definition) is 2. The van der Waals surface area contributed by atoms with Crippen molar-refractivity contribution in [3.8, 4) is 11.5 Å². The van der Waals surface area contributed by atoms with Gasteiger partial charge in [0, 0.05) is 11.3 Å². The molecule has 0 saturated carbocycles. The molecule has 0 unspecified atom stereocenters. The third kappa shape index (κ3) is 3.24. The van der Waals surface area contributed by atoms with E-state index in [1.165, 1.54) is 6.92 Å². The summed E-state index contributed by atoms with van der Waals surface area (Å²) in [5.41, 5.74) is 3.31. The van der Waals surface area contributed by atoms with Crippen LogP contribution in [-0.4, -0.2) is 29.9 Å². The lowest BCUT2D eigenvalue weighted by Gasteiger charge is -2.21. The third-order valence-corrected chi connectivity index (χ3v) is 4.43. The number of ketones is 1. The van der Waals surface area contributed by atoms with Crippen LogP contribution in [0.3, 0.4) is 0 Å². The van der Waals surface area contributed by atoms with Gasteiger partial charge in [0.25, 0.3) is 5.91 Å². The number of aromatic nitrogens is 1. The standard InChI is InChI=1S/C19H22N2O4/c1-10-17(13(4)22)12(3)20-18(10)19(23)21-11(2)14-5-6-15-16(9-14)25-8-7-24-15/h5-6,9,11,20H,7-8H2,1-4H3,(H,21,23)/t11-/m0/s1. The first-order valence-corrected chi connectivity index (χ1v) is 8.29. The summed E-state index contributed by atoms with van der Waals surface area (Å²) in [6.07, 6.45) is 0. The van der Waals surface area contributed by atoms with Gasteiger partial charge in [-0.25, -0.2) is 0 Å². The molecule has 1 aliphatic rings. The molecule has 2 aromatic rings. The number of amides is 1. The molecule has 0 bridgehead atoms. The van der Waals surface area contributed by atoms with Crippen LogP contribution in [0.15, 0.2) is 18.2 Å². The van der Waals surface area contributed by atoms with E-state index in [-0.39, 0.29) is 17.7 Å². The molecule has 1 atom stereocenters. The van der Waals surface area contributed by atoms with E-state index in [4.69, 9.17) is 9.47 Å². The predicted molar refractivity (Wildman–Crippen MR) is 93.6 cm³/mol. The first-order valence-electron chi connectivity index (χ1n) is 8.29. The lowest BCUT2D eigenvalue weighted by Crippen LogP contribution is -2.27. The van der Waals surface area contributed by atoms with Crippen molar-refractivity contribution in [2.75, 3.05) is 13.2 Å². The van der Waals surface area contributed by atoms with Crippen LogP contribution in [0, 0.1) is 13.8 Å². The van der Waals surface area contributed by atoms with Gasteiger partial charge in [0.15, 0.2) is 17.3 Å². The summed E-state index contributed by atoms with van der Waals surface area (Å²) in [5, 5.41) is 2.96. The van der Waals surface area contributed by atoms with Crippen LogP contribution in [0.5, 0.6) is 11.5 Å². The van der Waals surface area contributed by atoms with Crippen molar-refractivity contribution in [1.29, 1.82) is 0 Å². The average Bonchev–Trinajstić information content (AvgIpc) is 2.89. The lowest BCUT2D eigenvalue weighted by molar-refractivity contribution is 0.0934. The molecule has 1 aromatic heterocycles. The molecule has 0 spiro atoms. The van der Waals surface area contributed by atoms with E-state index in [2.05, 4.69) is 10.3 Å². The number of H-pyrrole nitrogens is 1. The maximum atomic E-state index is 12.6. The molecule has 1 amide bonds. The van der Waals surface area contributed by atoms with Crippen LogP contribution in [0.25, 0.3) is 0 Å². The van der Waals surface area contributed by atoms with E-state index in [9.17, 15) is 9.59 Å². The number of fused-ring (bicyclic) bond motifs is 1. The monoisotopic (exact) mass is 342 g/mol. The first kappa shape index (κ1) is 17.1. The summed E-state index contributed by atoms with van der Waals surface area (Å²) in [5.74, 6) is 1.12. The van der Waals surface area contributed by atoms with Crippen LogP contribution >= 0.6 is 0 Å². The van der Waals surface area contributed by atoms with E-state index in [1.807, 2.05) is 25.1 Å². The second kappa shape index (κ2) is 6.63. The molecule has 1 aliphatic heterocycles. The summed E-state index contributed by atoms with van der Waals surface area (Å²) in [4.78, 5) is 27.4. The molecule has 0 fully saturated rings. The molecule has 1 aromatic carbocycles. The zero-order chi connectivity index (χ0) is 18.1. The fraction of sp³-hybridized carbons (Fsp3) is 0.368. The second-order valence-corrected chi connectivity index (χ2v) is 6.28. The summed E-state index contributed by atoms with van der Waals surface area (Å²) >= 11 is 0. The molecule has 2 N–H and O–H groups in total. The van der Waals surface area contributed by atoms with Crippen molar-refractivity contribution in [3.63, 3.8) is 0 Å². The van der Waals surface area contributed by atoms with Crippen molar-refractivity contribution in [1.82, 2.24) is 10.3 Å². The molecule has 0 saturated heterocycles. The minimum atomic E-state index is -0.240. The molecule has 2 heterocycles. The van der Waals surface area contributed by atoms with Gasteiger partial charge >= 0.3 is 0 Å². The topological polar surface area (TPSA) is 80.4 Å². The number of carbonyl (C=O) groups is 2. The average molecular weight is 342 g/mol. The molecule has 0 aliphatic carbocycles. The number of rotatable bonds is 4. The Kier molecular flexibility index (Phi) is 4.53. The van der Waals surface area contributed by atoms with Gasteiger partial charge in [-0.3, -0.25) is 9.59 Å². The van der Waals surface area contributed by atoms with Gasteiger partial charge in [-0.1, -0.05) is 6.07 Å². The fourth-order valence-electron chi connectivity index (χ4n) is 3.19. The van der Waals surface area contributed by atoms with Crippen LogP contribution in [0.4, 0.5) is 0 Å².